The number of nitrogens with one attached hydrogen (secondary N) is 1. The fourth-order valence-electron chi connectivity index (χ4n) is 3.19. The van der Waals surface area contributed by atoms with Crippen LogP contribution in [0.3, 0.4) is 0 Å². The summed E-state index contributed by atoms with van der Waals surface area (Å²) in [7, 11) is 0. The number of amides is 1. The van der Waals surface area contributed by atoms with Crippen LogP contribution in [-0.4, -0.2) is 43.7 Å². The Morgan fingerprint density at radius 1 is 1.29 bits per heavy atom. The Balaban J connectivity index is 1.59. The molecule has 3 aromatic heterocycles. The van der Waals surface area contributed by atoms with Gasteiger partial charge in [0.25, 0.3) is 0 Å². The summed E-state index contributed by atoms with van der Waals surface area (Å²) in [6.45, 7) is 2.57. The average molecular weight is 456 g/mol. The van der Waals surface area contributed by atoms with Crippen LogP contribution in [0.15, 0.2) is 40.1 Å². The van der Waals surface area contributed by atoms with E-state index in [0.717, 1.165) is 15.5 Å². The third-order valence-electron chi connectivity index (χ3n) is 4.57. The number of rotatable bonds is 6. The Hall–Kier alpha value is -3.38. The van der Waals surface area contributed by atoms with Crippen LogP contribution < -0.4 is 20.5 Å². The number of nitrogen functional groups attached to an aromatic ring is 1. The summed E-state index contributed by atoms with van der Waals surface area (Å²) < 4.78 is 13.1. The van der Waals surface area contributed by atoms with Crippen LogP contribution in [0.4, 0.5) is 5.82 Å². The van der Waals surface area contributed by atoms with E-state index >= 15 is 0 Å². The smallest absolute Gasteiger partial charge is 0.231 e. The molecule has 4 heterocycles. The van der Waals surface area contributed by atoms with E-state index in [2.05, 4.69) is 20.3 Å². The number of benzene rings is 1. The van der Waals surface area contributed by atoms with Gasteiger partial charge in [0.15, 0.2) is 33.6 Å². The van der Waals surface area contributed by atoms with Gasteiger partial charge in [-0.3, -0.25) is 4.79 Å². The van der Waals surface area contributed by atoms with Gasteiger partial charge in [0, 0.05) is 42.0 Å². The summed E-state index contributed by atoms with van der Waals surface area (Å²) in [5, 5.41) is 6.26. The first-order valence-corrected chi connectivity index (χ1v) is 11.0. The van der Waals surface area contributed by atoms with Gasteiger partial charge >= 0.3 is 0 Å². The van der Waals surface area contributed by atoms with E-state index in [4.69, 9.17) is 20.2 Å². The van der Waals surface area contributed by atoms with E-state index in [1.807, 2.05) is 22.1 Å². The average Bonchev–Trinajstić information content (AvgIpc) is 3.48. The number of thiazole rings is 1. The molecule has 0 radical (unpaired) electrons. The Kier molecular flexibility index (Phi) is 5.08. The van der Waals surface area contributed by atoms with E-state index in [9.17, 15) is 4.79 Å². The first-order chi connectivity index (χ1) is 15.1. The molecule has 0 spiro atoms. The molecule has 3 N–H and O–H groups in total. The minimum atomic E-state index is -0.102. The maximum atomic E-state index is 11.3. The second kappa shape index (κ2) is 8.04. The highest BCUT2D eigenvalue weighted by atomic mass is 32.2. The number of carbonyl (C=O) groups excluding carboxylic acids is 1. The Morgan fingerprint density at radius 3 is 2.90 bits per heavy atom. The van der Waals surface area contributed by atoms with E-state index in [-0.39, 0.29) is 12.7 Å². The molecular weight excluding hydrogens is 438 g/mol. The molecule has 1 aliphatic rings. The number of hydrogen-bond donors (Lipinski definition) is 2. The largest absolute Gasteiger partial charge is 0.454 e. The van der Waals surface area contributed by atoms with Crippen molar-refractivity contribution in [2.45, 2.75) is 23.5 Å². The first-order valence-electron chi connectivity index (χ1n) is 9.32. The van der Waals surface area contributed by atoms with Gasteiger partial charge in [-0.25, -0.2) is 19.9 Å². The molecule has 0 aliphatic carbocycles. The number of nitrogens with zero attached hydrogens (tertiary/aromatic N) is 5. The number of imidazole rings is 1. The van der Waals surface area contributed by atoms with Crippen LogP contribution in [-0.2, 0) is 11.3 Å². The van der Waals surface area contributed by atoms with Gasteiger partial charge in [-0.2, -0.15) is 0 Å². The van der Waals surface area contributed by atoms with Crippen molar-refractivity contribution in [3.05, 3.63) is 30.0 Å². The summed E-state index contributed by atoms with van der Waals surface area (Å²) >= 11 is 2.98. The second-order valence-corrected chi connectivity index (χ2v) is 8.50. The zero-order chi connectivity index (χ0) is 21.4. The molecule has 0 saturated carbocycles. The van der Waals surface area contributed by atoms with Crippen LogP contribution in [0.2, 0.25) is 0 Å². The number of carbonyl (C=O) groups is 1. The van der Waals surface area contributed by atoms with Crippen LogP contribution >= 0.6 is 23.1 Å². The fraction of sp³-hybridized carbons (Fsp3) is 0.211. The maximum absolute atomic E-state index is 11.3. The van der Waals surface area contributed by atoms with E-state index in [1.165, 1.54) is 36.3 Å². The number of fused-ring (bicyclic) bond motifs is 2. The molecule has 0 atom stereocenters. The number of hydrogen-bond acceptors (Lipinski definition) is 10. The molecule has 5 rings (SSSR count). The first kappa shape index (κ1) is 19.6. The summed E-state index contributed by atoms with van der Waals surface area (Å²) in [5.41, 5.74) is 8.09. The molecule has 0 fully saturated rings. The lowest BCUT2D eigenvalue weighted by Crippen LogP contribution is -2.24. The summed E-state index contributed by atoms with van der Waals surface area (Å²) in [5.74, 6) is 1.55. The number of ether oxygens (including phenoxy) is 2. The lowest BCUT2D eigenvalue weighted by molar-refractivity contribution is -0.118. The summed E-state index contributed by atoms with van der Waals surface area (Å²) in [4.78, 5) is 29.8. The molecule has 1 aliphatic heterocycles. The highest BCUT2D eigenvalue weighted by molar-refractivity contribution is 7.99. The van der Waals surface area contributed by atoms with Crippen LogP contribution in [0.1, 0.15) is 6.92 Å². The zero-order valence-corrected chi connectivity index (χ0v) is 18.0. The molecule has 1 amide bonds. The van der Waals surface area contributed by atoms with Gasteiger partial charge in [-0.05, 0) is 12.1 Å². The summed E-state index contributed by atoms with van der Waals surface area (Å²) in [6.07, 6.45) is 3.17. The lowest BCUT2D eigenvalue weighted by Gasteiger charge is -2.11. The van der Waals surface area contributed by atoms with Crippen LogP contribution in [0, 0.1) is 0 Å². The normalized spacial score (nSPS) is 12.4. The van der Waals surface area contributed by atoms with Crippen molar-refractivity contribution in [3.63, 3.8) is 0 Å². The van der Waals surface area contributed by atoms with Crippen LogP contribution in [0.5, 0.6) is 11.5 Å². The molecule has 10 nitrogen and oxygen atoms in total. The Morgan fingerprint density at radius 2 is 2.13 bits per heavy atom. The quantitative estimate of drug-likeness (QED) is 0.450. The van der Waals surface area contributed by atoms with Crippen molar-refractivity contribution in [2.24, 2.45) is 0 Å². The van der Waals surface area contributed by atoms with Crippen molar-refractivity contribution < 1.29 is 14.3 Å². The highest BCUT2D eigenvalue weighted by Gasteiger charge is 2.23. The van der Waals surface area contributed by atoms with Crippen LogP contribution in [0.25, 0.3) is 21.7 Å². The van der Waals surface area contributed by atoms with Gasteiger partial charge < -0.3 is 25.1 Å². The molecule has 4 aromatic rings. The molecular formula is C19H17N7O3S2. The van der Waals surface area contributed by atoms with E-state index in [0.29, 0.717) is 46.7 Å². The predicted octanol–water partition coefficient (Wildman–Crippen LogP) is 2.55. The molecule has 0 saturated heterocycles. The summed E-state index contributed by atoms with van der Waals surface area (Å²) in [6, 6.07) is 3.86. The molecule has 0 bridgehead atoms. The Bertz CT molecular complexity index is 1270. The van der Waals surface area contributed by atoms with E-state index in [1.54, 1.807) is 6.20 Å². The Labute approximate surface area is 184 Å². The van der Waals surface area contributed by atoms with Crippen molar-refractivity contribution in [2.75, 3.05) is 19.1 Å². The third kappa shape index (κ3) is 3.75. The topological polar surface area (TPSA) is 130 Å². The monoisotopic (exact) mass is 455 g/mol. The van der Waals surface area contributed by atoms with Crippen molar-refractivity contribution in [1.82, 2.24) is 29.8 Å². The van der Waals surface area contributed by atoms with Crippen molar-refractivity contribution in [1.29, 1.82) is 0 Å². The van der Waals surface area contributed by atoms with Gasteiger partial charge in [-0.1, -0.05) is 11.8 Å². The molecule has 1 aromatic carbocycles. The number of aromatic nitrogens is 5. The van der Waals surface area contributed by atoms with Gasteiger partial charge in [-0.15, -0.1) is 11.3 Å². The van der Waals surface area contributed by atoms with Gasteiger partial charge in [0.05, 0.1) is 0 Å². The second-order valence-electron chi connectivity index (χ2n) is 6.60. The van der Waals surface area contributed by atoms with Crippen molar-refractivity contribution >= 4 is 46.0 Å². The minimum Gasteiger partial charge on any atom is -0.454 e. The zero-order valence-electron chi connectivity index (χ0n) is 16.4. The lowest BCUT2D eigenvalue weighted by atomic mass is 10.2. The number of anilines is 1. The number of nitrogens with two attached hydrogens (primary N) is 1. The molecule has 31 heavy (non-hydrogen) atoms. The predicted molar refractivity (Wildman–Crippen MR) is 116 cm³/mol. The fourth-order valence-corrected chi connectivity index (χ4v) is 4.97. The maximum Gasteiger partial charge on any atom is 0.231 e. The minimum absolute atomic E-state index is 0.102. The molecule has 12 heteroatoms. The van der Waals surface area contributed by atoms with Gasteiger partial charge in [0.2, 0.25) is 12.7 Å². The van der Waals surface area contributed by atoms with Gasteiger partial charge in [0.1, 0.15) is 11.3 Å². The SMILES string of the molecule is CC(=O)NCCn1c(Sc2cc3c(cc2-c2nccs2)OCO3)nc2c(N)ncnc21. The standard InChI is InChI=1S/C19H17N7O3S2/c1-10(27)21-2-4-26-17-15(16(20)23-8-24-17)25-19(26)31-14-7-13-12(28-9-29-13)6-11(14)18-22-3-5-30-18/h3,5-8H,2,4,9H2,1H3,(H,21,27)(H2,20,23,24). The highest BCUT2D eigenvalue weighted by Crippen LogP contribution is 2.45. The van der Waals surface area contributed by atoms with E-state index < -0.39 is 0 Å². The third-order valence-corrected chi connectivity index (χ3v) is 6.43. The molecule has 0 unspecified atom stereocenters. The molecule has 158 valence electrons. The van der Waals surface area contributed by atoms with Crippen molar-refractivity contribution in [3.8, 4) is 22.1 Å².